The molecule has 1 atom stereocenters. The molecular formula is C13H13FO2S. The first-order valence-corrected chi connectivity index (χ1v) is 6.07. The van der Waals surface area contributed by atoms with Gasteiger partial charge in [0.2, 0.25) is 0 Å². The third kappa shape index (κ3) is 2.33. The lowest BCUT2D eigenvalue weighted by atomic mass is 10.0. The van der Waals surface area contributed by atoms with Gasteiger partial charge in [0.05, 0.1) is 12.7 Å². The maximum Gasteiger partial charge on any atom is 0.133 e. The van der Waals surface area contributed by atoms with Crippen molar-refractivity contribution in [3.05, 3.63) is 51.5 Å². The van der Waals surface area contributed by atoms with Gasteiger partial charge in [-0.1, -0.05) is 6.07 Å². The van der Waals surface area contributed by atoms with Crippen LogP contribution in [0.15, 0.2) is 29.6 Å². The molecule has 2 nitrogen and oxygen atoms in total. The minimum atomic E-state index is -0.990. The molecular weight excluding hydrogens is 239 g/mol. The third-order valence-corrected chi connectivity index (χ3v) is 3.45. The van der Waals surface area contributed by atoms with Gasteiger partial charge in [-0.3, -0.25) is 0 Å². The van der Waals surface area contributed by atoms with E-state index >= 15 is 0 Å². The zero-order valence-electron chi connectivity index (χ0n) is 9.61. The summed E-state index contributed by atoms with van der Waals surface area (Å²) >= 11 is 1.52. The quantitative estimate of drug-likeness (QED) is 0.908. The molecule has 0 fully saturated rings. The van der Waals surface area contributed by atoms with Crippen molar-refractivity contribution in [3.8, 4) is 5.75 Å². The lowest BCUT2D eigenvalue weighted by Gasteiger charge is -2.14. The Morgan fingerprint density at radius 2 is 2.18 bits per heavy atom. The molecule has 0 bridgehead atoms. The van der Waals surface area contributed by atoms with Crippen LogP contribution in [0.25, 0.3) is 0 Å². The molecule has 90 valence electrons. The normalized spacial score (nSPS) is 12.5. The van der Waals surface area contributed by atoms with Crippen molar-refractivity contribution in [2.45, 2.75) is 13.0 Å². The number of aliphatic hydroxyl groups is 1. The van der Waals surface area contributed by atoms with Gasteiger partial charge >= 0.3 is 0 Å². The number of ether oxygens (including phenoxy) is 1. The maximum atomic E-state index is 13.7. The molecule has 1 aromatic carbocycles. The highest BCUT2D eigenvalue weighted by atomic mass is 32.1. The predicted octanol–water partition coefficient (Wildman–Crippen LogP) is 3.29. The minimum Gasteiger partial charge on any atom is -0.496 e. The third-order valence-electron chi connectivity index (χ3n) is 2.57. The zero-order chi connectivity index (χ0) is 12.4. The van der Waals surface area contributed by atoms with Gasteiger partial charge in [-0.15, -0.1) is 11.3 Å². The van der Waals surface area contributed by atoms with Gasteiger partial charge in [0, 0.05) is 4.88 Å². The van der Waals surface area contributed by atoms with Gasteiger partial charge in [0.15, 0.2) is 0 Å². The molecule has 0 saturated carbocycles. The number of rotatable bonds is 3. The van der Waals surface area contributed by atoms with Gasteiger partial charge in [0.1, 0.15) is 17.7 Å². The molecule has 0 radical (unpaired) electrons. The van der Waals surface area contributed by atoms with Crippen molar-refractivity contribution in [2.75, 3.05) is 7.11 Å². The summed E-state index contributed by atoms with van der Waals surface area (Å²) in [4.78, 5) is 1.08. The Labute approximate surface area is 103 Å². The van der Waals surface area contributed by atoms with Gasteiger partial charge in [-0.2, -0.15) is 0 Å². The van der Waals surface area contributed by atoms with E-state index in [1.165, 1.54) is 24.5 Å². The number of halogens is 1. The lowest BCUT2D eigenvalue weighted by molar-refractivity contribution is 0.209. The summed E-state index contributed by atoms with van der Waals surface area (Å²) in [7, 11) is 1.46. The predicted molar refractivity (Wildman–Crippen MR) is 66.1 cm³/mol. The topological polar surface area (TPSA) is 29.5 Å². The molecule has 4 heteroatoms. The standard InChI is InChI=1S/C13H13FO2S/c1-8-6-9(7-17-8)13(15)12-10(14)4-3-5-11(12)16-2/h3-7,13,15H,1-2H3. The van der Waals surface area contributed by atoms with E-state index in [0.29, 0.717) is 11.3 Å². The van der Waals surface area contributed by atoms with Crippen molar-refractivity contribution >= 4 is 11.3 Å². The molecule has 0 aliphatic rings. The Hall–Kier alpha value is -1.39. The molecule has 0 saturated heterocycles. The molecule has 1 heterocycles. The summed E-state index contributed by atoms with van der Waals surface area (Å²) in [5.74, 6) is -0.0953. The van der Waals surface area contributed by atoms with Gasteiger partial charge in [-0.05, 0) is 36.1 Å². The summed E-state index contributed by atoms with van der Waals surface area (Å²) in [6.45, 7) is 1.94. The van der Waals surface area contributed by atoms with Crippen molar-refractivity contribution in [1.29, 1.82) is 0 Å². The smallest absolute Gasteiger partial charge is 0.133 e. The highest BCUT2D eigenvalue weighted by Crippen LogP contribution is 2.33. The zero-order valence-corrected chi connectivity index (χ0v) is 10.4. The van der Waals surface area contributed by atoms with Gasteiger partial charge < -0.3 is 9.84 Å². The van der Waals surface area contributed by atoms with Crippen LogP contribution < -0.4 is 4.74 Å². The van der Waals surface area contributed by atoms with Crippen molar-refractivity contribution in [1.82, 2.24) is 0 Å². The summed E-state index contributed by atoms with van der Waals surface area (Å²) in [6, 6.07) is 6.37. The summed E-state index contributed by atoms with van der Waals surface area (Å²) < 4.78 is 18.8. The molecule has 17 heavy (non-hydrogen) atoms. The molecule has 1 N–H and O–H groups in total. The van der Waals surface area contributed by atoms with Gasteiger partial charge in [0.25, 0.3) is 0 Å². The van der Waals surface area contributed by atoms with Crippen LogP contribution in [0.3, 0.4) is 0 Å². The molecule has 1 unspecified atom stereocenters. The Kier molecular flexibility index (Phi) is 3.45. The minimum absolute atomic E-state index is 0.188. The Bertz CT molecular complexity index is 522. The van der Waals surface area contributed by atoms with Crippen molar-refractivity contribution < 1.29 is 14.2 Å². The first-order valence-electron chi connectivity index (χ1n) is 5.19. The second kappa shape index (κ2) is 4.85. The fourth-order valence-electron chi connectivity index (χ4n) is 1.73. The monoisotopic (exact) mass is 252 g/mol. The number of hydrogen-bond donors (Lipinski definition) is 1. The van der Waals surface area contributed by atoms with E-state index < -0.39 is 11.9 Å². The van der Waals surface area contributed by atoms with E-state index in [-0.39, 0.29) is 5.56 Å². The fraction of sp³-hybridized carbons (Fsp3) is 0.231. The molecule has 1 aromatic heterocycles. The highest BCUT2D eigenvalue weighted by molar-refractivity contribution is 7.10. The van der Waals surface area contributed by atoms with E-state index in [9.17, 15) is 9.50 Å². The molecule has 2 aromatic rings. The molecule has 0 aliphatic heterocycles. The van der Waals surface area contributed by atoms with E-state index in [0.717, 1.165) is 4.88 Å². The number of hydrogen-bond acceptors (Lipinski definition) is 3. The fourth-order valence-corrected chi connectivity index (χ4v) is 2.46. The van der Waals surface area contributed by atoms with Gasteiger partial charge in [-0.25, -0.2) is 4.39 Å². The average Bonchev–Trinajstić information content (AvgIpc) is 2.74. The van der Waals surface area contributed by atoms with E-state index in [4.69, 9.17) is 4.74 Å². The Balaban J connectivity index is 2.46. The molecule has 0 aliphatic carbocycles. The number of aliphatic hydroxyl groups excluding tert-OH is 1. The van der Waals surface area contributed by atoms with Crippen LogP contribution in [0.5, 0.6) is 5.75 Å². The van der Waals surface area contributed by atoms with Crippen LogP contribution in [-0.2, 0) is 0 Å². The van der Waals surface area contributed by atoms with E-state index in [2.05, 4.69) is 0 Å². The number of benzene rings is 1. The van der Waals surface area contributed by atoms with Crippen molar-refractivity contribution in [2.24, 2.45) is 0 Å². The maximum absolute atomic E-state index is 13.7. The average molecular weight is 252 g/mol. The van der Waals surface area contributed by atoms with Crippen LogP contribution in [0.2, 0.25) is 0 Å². The van der Waals surface area contributed by atoms with Crippen molar-refractivity contribution in [3.63, 3.8) is 0 Å². The molecule has 0 amide bonds. The molecule has 2 rings (SSSR count). The molecule has 0 spiro atoms. The van der Waals surface area contributed by atoms with Crippen LogP contribution in [0.1, 0.15) is 22.1 Å². The van der Waals surface area contributed by atoms with E-state index in [1.807, 2.05) is 18.4 Å². The van der Waals surface area contributed by atoms with Crippen LogP contribution >= 0.6 is 11.3 Å². The first kappa shape index (κ1) is 12.1. The first-order chi connectivity index (χ1) is 8.13. The van der Waals surface area contributed by atoms with Crippen LogP contribution in [-0.4, -0.2) is 12.2 Å². The highest BCUT2D eigenvalue weighted by Gasteiger charge is 2.20. The Morgan fingerprint density at radius 1 is 1.41 bits per heavy atom. The summed E-state index contributed by atoms with van der Waals surface area (Å²) in [6.07, 6.45) is -0.990. The lowest BCUT2D eigenvalue weighted by Crippen LogP contribution is -2.04. The summed E-state index contributed by atoms with van der Waals surface area (Å²) in [5, 5.41) is 12.0. The second-order valence-electron chi connectivity index (χ2n) is 3.75. The van der Waals surface area contributed by atoms with E-state index in [1.54, 1.807) is 12.1 Å². The summed E-state index contributed by atoms with van der Waals surface area (Å²) in [5.41, 5.74) is 0.878. The largest absolute Gasteiger partial charge is 0.496 e. The second-order valence-corrected chi connectivity index (χ2v) is 4.86. The van der Waals surface area contributed by atoms with Crippen LogP contribution in [0.4, 0.5) is 4.39 Å². The van der Waals surface area contributed by atoms with Crippen LogP contribution in [0, 0.1) is 12.7 Å². The SMILES string of the molecule is COc1cccc(F)c1C(O)c1csc(C)c1. The number of thiophene rings is 1. The number of methoxy groups -OCH3 is 1. The Morgan fingerprint density at radius 3 is 2.76 bits per heavy atom. The number of aryl methyl sites for hydroxylation is 1.